The second kappa shape index (κ2) is 8.51. The van der Waals surface area contributed by atoms with Crippen molar-refractivity contribution in [3.63, 3.8) is 0 Å². The summed E-state index contributed by atoms with van der Waals surface area (Å²) in [7, 11) is 0. The van der Waals surface area contributed by atoms with Gasteiger partial charge in [0.15, 0.2) is 0 Å². The third kappa shape index (κ3) is 4.23. The lowest BCUT2D eigenvalue weighted by Gasteiger charge is -2.23. The van der Waals surface area contributed by atoms with Crippen LogP contribution in [0.2, 0.25) is 0 Å². The number of hydrogen-bond donors (Lipinski definition) is 4. The van der Waals surface area contributed by atoms with Crippen LogP contribution in [0.25, 0.3) is 10.9 Å². The fourth-order valence-electron chi connectivity index (χ4n) is 4.12. The first-order valence-electron chi connectivity index (χ1n) is 10.2. The van der Waals surface area contributed by atoms with Crippen LogP contribution < -0.4 is 15.5 Å². The largest absolute Gasteiger partial charge is 0.480 e. The number of urea groups is 1. The van der Waals surface area contributed by atoms with Crippen molar-refractivity contribution in [1.29, 1.82) is 0 Å². The number of para-hydroxylation sites is 2. The van der Waals surface area contributed by atoms with Crippen LogP contribution in [0.1, 0.15) is 18.1 Å². The maximum absolute atomic E-state index is 12.7. The minimum atomic E-state index is -1.14. The number of nitrogens with zero attached hydrogens (tertiary/aromatic N) is 1. The van der Waals surface area contributed by atoms with E-state index < -0.39 is 18.0 Å². The summed E-state index contributed by atoms with van der Waals surface area (Å²) >= 11 is 0. The van der Waals surface area contributed by atoms with E-state index in [0.717, 1.165) is 34.1 Å². The molecule has 2 atom stereocenters. The Bertz CT molecular complexity index is 1140. The molecule has 0 aliphatic carbocycles. The first kappa shape index (κ1) is 20.5. The van der Waals surface area contributed by atoms with Crippen molar-refractivity contribution in [2.45, 2.75) is 31.8 Å². The molecule has 0 radical (unpaired) electrons. The zero-order valence-corrected chi connectivity index (χ0v) is 17.1. The predicted octanol–water partition coefficient (Wildman–Crippen LogP) is 2.44. The van der Waals surface area contributed by atoms with Crippen LogP contribution in [-0.2, 0) is 22.4 Å². The molecule has 160 valence electrons. The second-order valence-electron chi connectivity index (χ2n) is 7.73. The highest BCUT2D eigenvalue weighted by molar-refractivity contribution is 5.99. The first-order valence-corrected chi connectivity index (χ1v) is 10.2. The summed E-state index contributed by atoms with van der Waals surface area (Å²) in [5.74, 6) is -1.38. The predicted molar refractivity (Wildman–Crippen MR) is 117 cm³/mol. The summed E-state index contributed by atoms with van der Waals surface area (Å²) in [6, 6.07) is 13.4. The summed E-state index contributed by atoms with van der Waals surface area (Å²) in [5.41, 5.74) is 3.64. The number of carbonyl (C=O) groups is 3. The van der Waals surface area contributed by atoms with Gasteiger partial charge >= 0.3 is 12.0 Å². The van der Waals surface area contributed by atoms with Crippen molar-refractivity contribution in [2.75, 3.05) is 11.4 Å². The maximum Gasteiger partial charge on any atom is 0.326 e. The molecule has 0 saturated heterocycles. The molecule has 0 fully saturated rings. The fourth-order valence-corrected chi connectivity index (χ4v) is 4.12. The number of carbonyl (C=O) groups excluding carboxylic acids is 2. The molecule has 3 aromatic rings. The highest BCUT2D eigenvalue weighted by Crippen LogP contribution is 2.31. The average molecular weight is 420 g/mol. The van der Waals surface area contributed by atoms with Crippen molar-refractivity contribution < 1.29 is 19.5 Å². The van der Waals surface area contributed by atoms with E-state index in [0.29, 0.717) is 0 Å². The van der Waals surface area contributed by atoms with E-state index in [-0.39, 0.29) is 24.9 Å². The Morgan fingerprint density at radius 1 is 1.16 bits per heavy atom. The molecule has 1 aromatic heterocycles. The van der Waals surface area contributed by atoms with Crippen LogP contribution in [0.4, 0.5) is 10.5 Å². The number of rotatable bonds is 6. The van der Waals surface area contributed by atoms with Crippen LogP contribution in [0.3, 0.4) is 0 Å². The van der Waals surface area contributed by atoms with Crippen molar-refractivity contribution in [3.8, 4) is 0 Å². The zero-order chi connectivity index (χ0) is 22.0. The second-order valence-corrected chi connectivity index (χ2v) is 7.73. The molecule has 0 bridgehead atoms. The van der Waals surface area contributed by atoms with Gasteiger partial charge in [0.05, 0.1) is 6.54 Å². The van der Waals surface area contributed by atoms with Crippen LogP contribution in [0.5, 0.6) is 0 Å². The van der Waals surface area contributed by atoms with E-state index in [9.17, 15) is 19.5 Å². The molecule has 8 nitrogen and oxygen atoms in total. The Labute approximate surface area is 179 Å². The van der Waals surface area contributed by atoms with Gasteiger partial charge < -0.3 is 25.6 Å². The number of H-pyrrole nitrogens is 1. The van der Waals surface area contributed by atoms with Gasteiger partial charge in [-0.05, 0) is 36.6 Å². The Kier molecular flexibility index (Phi) is 5.62. The molecule has 8 heteroatoms. The molecule has 4 rings (SSSR count). The summed E-state index contributed by atoms with van der Waals surface area (Å²) in [6.07, 6.45) is 2.63. The monoisotopic (exact) mass is 420 g/mol. The minimum absolute atomic E-state index is 0.00315. The lowest BCUT2D eigenvalue weighted by molar-refractivity contribution is -0.139. The number of fused-ring (bicyclic) bond motifs is 2. The number of hydrogen-bond acceptors (Lipinski definition) is 3. The van der Waals surface area contributed by atoms with Crippen LogP contribution in [0.15, 0.2) is 54.7 Å². The van der Waals surface area contributed by atoms with Gasteiger partial charge in [-0.25, -0.2) is 9.59 Å². The van der Waals surface area contributed by atoms with Gasteiger partial charge in [0.2, 0.25) is 5.91 Å². The number of benzene rings is 2. The van der Waals surface area contributed by atoms with E-state index in [1.165, 1.54) is 0 Å². The van der Waals surface area contributed by atoms with E-state index in [2.05, 4.69) is 15.6 Å². The topological polar surface area (TPSA) is 115 Å². The smallest absolute Gasteiger partial charge is 0.326 e. The Balaban J connectivity index is 1.37. The lowest BCUT2D eigenvalue weighted by Crippen LogP contribution is -2.50. The van der Waals surface area contributed by atoms with Crippen molar-refractivity contribution in [1.82, 2.24) is 15.6 Å². The molecule has 2 heterocycles. The average Bonchev–Trinajstić information content (AvgIpc) is 3.31. The Morgan fingerprint density at radius 3 is 2.71 bits per heavy atom. The van der Waals surface area contributed by atoms with Crippen LogP contribution >= 0.6 is 0 Å². The molecule has 3 amide bonds. The third-order valence-corrected chi connectivity index (χ3v) is 5.58. The highest BCUT2D eigenvalue weighted by Gasteiger charge is 2.30. The third-order valence-electron chi connectivity index (χ3n) is 5.58. The molecule has 1 aliphatic rings. The van der Waals surface area contributed by atoms with Gasteiger partial charge in [-0.1, -0.05) is 36.4 Å². The van der Waals surface area contributed by atoms with Crippen LogP contribution in [0, 0.1) is 0 Å². The number of carboxylic acids is 1. The minimum Gasteiger partial charge on any atom is -0.480 e. The molecule has 31 heavy (non-hydrogen) atoms. The molecule has 2 aromatic carbocycles. The van der Waals surface area contributed by atoms with Gasteiger partial charge in [0.1, 0.15) is 6.04 Å². The van der Waals surface area contributed by atoms with E-state index >= 15 is 0 Å². The van der Waals surface area contributed by atoms with Gasteiger partial charge in [0.25, 0.3) is 0 Å². The Hall–Kier alpha value is -3.81. The standard InChI is InChI=1S/C23H24N4O4/c1-14-10-15-6-2-5-9-20(15)27(14)21(28)13-25-23(31)26-19(22(29)30)11-16-12-24-18-8-4-3-7-17(16)18/h2-9,12,14,19,24H,10-11,13H2,1H3,(H,29,30)(H2,25,26,31)/t14-,19+/m0/s1. The number of aromatic nitrogens is 1. The number of amides is 3. The van der Waals surface area contributed by atoms with Gasteiger partial charge in [-0.2, -0.15) is 0 Å². The number of nitrogens with one attached hydrogen (secondary N) is 3. The van der Waals surface area contributed by atoms with E-state index in [1.54, 1.807) is 11.1 Å². The van der Waals surface area contributed by atoms with Crippen molar-refractivity contribution >= 4 is 34.5 Å². The summed E-state index contributed by atoms with van der Waals surface area (Å²) < 4.78 is 0. The lowest BCUT2D eigenvalue weighted by atomic mass is 10.1. The summed E-state index contributed by atoms with van der Waals surface area (Å²) in [5, 5.41) is 15.4. The molecule has 4 N–H and O–H groups in total. The summed E-state index contributed by atoms with van der Waals surface area (Å²) in [4.78, 5) is 41.5. The molecular formula is C23H24N4O4. The van der Waals surface area contributed by atoms with E-state index in [4.69, 9.17) is 0 Å². The quantitative estimate of drug-likeness (QED) is 0.490. The van der Waals surface area contributed by atoms with Gasteiger partial charge in [0, 0.05) is 35.2 Å². The number of aromatic amines is 1. The maximum atomic E-state index is 12.7. The SMILES string of the molecule is C[C@H]1Cc2ccccc2N1C(=O)CNC(=O)N[C@H](Cc1c[nH]c2ccccc12)C(=O)O. The normalized spacial score (nSPS) is 16.0. The van der Waals surface area contributed by atoms with Gasteiger partial charge in [-0.3, -0.25) is 4.79 Å². The first-order chi connectivity index (χ1) is 14.9. The molecular weight excluding hydrogens is 396 g/mol. The summed E-state index contributed by atoms with van der Waals surface area (Å²) in [6.45, 7) is 1.74. The molecule has 0 saturated carbocycles. The van der Waals surface area contributed by atoms with E-state index in [1.807, 2.05) is 55.5 Å². The van der Waals surface area contributed by atoms with Crippen molar-refractivity contribution in [2.24, 2.45) is 0 Å². The van der Waals surface area contributed by atoms with Gasteiger partial charge in [-0.15, -0.1) is 0 Å². The zero-order valence-electron chi connectivity index (χ0n) is 17.1. The highest BCUT2D eigenvalue weighted by atomic mass is 16.4. The molecule has 0 unspecified atom stereocenters. The number of aliphatic carboxylic acids is 1. The van der Waals surface area contributed by atoms with Crippen molar-refractivity contribution in [3.05, 3.63) is 65.9 Å². The molecule has 1 aliphatic heterocycles. The number of carboxylic acid groups (broad SMARTS) is 1. The van der Waals surface area contributed by atoms with Crippen LogP contribution in [-0.4, -0.2) is 46.6 Å². The molecule has 0 spiro atoms. The fraction of sp³-hybridized carbons (Fsp3) is 0.261. The number of anilines is 1. The Morgan fingerprint density at radius 2 is 1.90 bits per heavy atom.